The second kappa shape index (κ2) is 11.1. The highest BCUT2D eigenvalue weighted by Crippen LogP contribution is 2.30. The molecule has 0 radical (unpaired) electrons. The molecule has 11 heteroatoms. The fourth-order valence-electron chi connectivity index (χ4n) is 5.04. The van der Waals surface area contributed by atoms with E-state index in [2.05, 4.69) is 41.4 Å². The second-order valence-corrected chi connectivity index (χ2v) is 10.5. The number of nitrogens with zero attached hydrogens (tertiary/aromatic N) is 5. The van der Waals surface area contributed by atoms with E-state index >= 15 is 0 Å². The summed E-state index contributed by atoms with van der Waals surface area (Å²) in [5.41, 5.74) is 3.41. The van der Waals surface area contributed by atoms with Gasteiger partial charge >= 0.3 is 5.97 Å². The number of carboxylic acid groups (broad SMARTS) is 1. The number of dihydropyridines is 1. The van der Waals surface area contributed by atoms with E-state index in [0.717, 1.165) is 29.2 Å². The number of hydrogen-bond acceptors (Lipinski definition) is 8. The van der Waals surface area contributed by atoms with Crippen LogP contribution in [0.1, 0.15) is 32.8 Å². The van der Waals surface area contributed by atoms with Crippen LogP contribution >= 0.6 is 11.3 Å². The molecule has 3 aromatic heterocycles. The van der Waals surface area contributed by atoms with Crippen molar-refractivity contribution in [1.29, 1.82) is 0 Å². The van der Waals surface area contributed by atoms with Gasteiger partial charge in [0.2, 0.25) is 0 Å². The molecule has 5 rings (SSSR count). The van der Waals surface area contributed by atoms with Crippen molar-refractivity contribution in [2.45, 2.75) is 45.4 Å². The monoisotopic (exact) mass is 535 g/mol. The minimum Gasteiger partial charge on any atom is -0.480 e. The van der Waals surface area contributed by atoms with Crippen molar-refractivity contribution in [3.8, 4) is 10.6 Å². The molecular formula is C27H33N7O3S. The predicted octanol–water partition coefficient (Wildman–Crippen LogP) is 2.66. The van der Waals surface area contributed by atoms with E-state index in [0.29, 0.717) is 36.4 Å². The smallest absolute Gasteiger partial charge is 0.321 e. The summed E-state index contributed by atoms with van der Waals surface area (Å²) in [6.45, 7) is 9.28. The van der Waals surface area contributed by atoms with Crippen molar-refractivity contribution in [2.75, 3.05) is 26.2 Å². The van der Waals surface area contributed by atoms with E-state index in [-0.39, 0.29) is 11.9 Å². The predicted molar refractivity (Wildman–Crippen MR) is 147 cm³/mol. The number of carbonyl (C=O) groups excluding carboxylic acids is 1. The van der Waals surface area contributed by atoms with Crippen molar-refractivity contribution in [2.24, 2.45) is 0 Å². The molecule has 0 saturated carbocycles. The number of thiophene rings is 1. The standard InChI is InChI=1S/C27H33N7O3S/c1-4-32(5-2)17(3)15-28-26(35)18-13-21(30-24(14-18)33-10-9-22(33)27(36)37)19-16-29-34-11-8-20(31-25(19)34)23-7-6-12-38-23/h6-8,11-14,16-17,22,24,30H,4-5,9-10,15H2,1-3H3,(H,28,35)(H,36,37)/t17-,22-,24?/m0/s1. The van der Waals surface area contributed by atoms with Gasteiger partial charge in [0.1, 0.15) is 12.2 Å². The number of nitrogens with one attached hydrogen (secondary N) is 2. The summed E-state index contributed by atoms with van der Waals surface area (Å²) in [7, 11) is 0. The van der Waals surface area contributed by atoms with Crippen LogP contribution in [0.3, 0.4) is 0 Å². The number of hydrogen-bond donors (Lipinski definition) is 3. The van der Waals surface area contributed by atoms with E-state index in [4.69, 9.17) is 4.98 Å². The Balaban J connectivity index is 1.46. The van der Waals surface area contributed by atoms with Gasteiger partial charge < -0.3 is 15.7 Å². The topological polar surface area (TPSA) is 115 Å². The maximum absolute atomic E-state index is 13.3. The number of likely N-dealkylation sites (N-methyl/N-ethyl adjacent to an activating group) is 1. The first kappa shape index (κ1) is 26.1. The number of aliphatic carboxylic acids is 1. The Morgan fingerprint density at radius 3 is 2.79 bits per heavy atom. The SMILES string of the molecule is CCN(CC)[C@@H](C)CNC(=O)C1=CC(N2CC[C@H]2C(=O)O)NC(c2cnn3ccc(-c4cccs4)nc23)=C1. The highest BCUT2D eigenvalue weighted by atomic mass is 32.1. The van der Waals surface area contributed by atoms with E-state index in [1.807, 2.05) is 40.8 Å². The van der Waals surface area contributed by atoms with Crippen LogP contribution in [-0.4, -0.2) is 85.8 Å². The number of rotatable bonds is 10. The molecule has 2 aliphatic heterocycles. The molecule has 200 valence electrons. The molecule has 0 spiro atoms. The van der Waals surface area contributed by atoms with E-state index in [9.17, 15) is 14.7 Å². The molecule has 38 heavy (non-hydrogen) atoms. The first-order valence-electron chi connectivity index (χ1n) is 13.0. The van der Waals surface area contributed by atoms with Gasteiger partial charge in [-0.1, -0.05) is 19.9 Å². The molecular weight excluding hydrogens is 502 g/mol. The third-order valence-corrected chi connectivity index (χ3v) is 8.23. The lowest BCUT2D eigenvalue weighted by molar-refractivity contribution is -0.149. The van der Waals surface area contributed by atoms with Crippen LogP contribution in [0.15, 0.2) is 53.7 Å². The number of aromatic nitrogens is 3. The van der Waals surface area contributed by atoms with Gasteiger partial charge in [0, 0.05) is 36.6 Å². The maximum Gasteiger partial charge on any atom is 0.321 e. The fraction of sp³-hybridized carbons (Fsp3) is 0.407. The molecule has 10 nitrogen and oxygen atoms in total. The number of carbonyl (C=O) groups is 2. The number of carboxylic acids is 1. The quantitative estimate of drug-likeness (QED) is 0.363. The van der Waals surface area contributed by atoms with Crippen molar-refractivity contribution in [1.82, 2.24) is 35.0 Å². The van der Waals surface area contributed by atoms with Crippen LogP contribution in [-0.2, 0) is 9.59 Å². The average Bonchev–Trinajstić information content (AvgIpc) is 3.57. The van der Waals surface area contributed by atoms with Gasteiger partial charge in [-0.2, -0.15) is 5.10 Å². The minimum atomic E-state index is -0.861. The van der Waals surface area contributed by atoms with Gasteiger partial charge in [0.05, 0.1) is 22.3 Å². The van der Waals surface area contributed by atoms with Crippen molar-refractivity contribution in [3.63, 3.8) is 0 Å². The zero-order valence-corrected chi connectivity index (χ0v) is 22.6. The molecule has 0 aliphatic carbocycles. The lowest BCUT2D eigenvalue weighted by Gasteiger charge is -2.44. The van der Waals surface area contributed by atoms with Crippen LogP contribution in [0, 0.1) is 0 Å². The normalized spacial score (nSPS) is 20.4. The molecule has 1 amide bonds. The molecule has 5 heterocycles. The maximum atomic E-state index is 13.3. The third kappa shape index (κ3) is 5.09. The summed E-state index contributed by atoms with van der Waals surface area (Å²) in [6.07, 6.45) is 7.35. The van der Waals surface area contributed by atoms with Crippen LogP contribution in [0.2, 0.25) is 0 Å². The highest BCUT2D eigenvalue weighted by Gasteiger charge is 2.39. The molecule has 3 atom stereocenters. The molecule has 2 aliphatic rings. The first-order chi connectivity index (χ1) is 18.4. The van der Waals surface area contributed by atoms with Gasteiger partial charge in [-0.25, -0.2) is 9.50 Å². The van der Waals surface area contributed by atoms with Crippen molar-refractivity contribution >= 4 is 34.6 Å². The lowest BCUT2D eigenvalue weighted by Crippen LogP contribution is -2.60. The Morgan fingerprint density at radius 2 is 2.13 bits per heavy atom. The van der Waals surface area contributed by atoms with Gasteiger partial charge in [-0.15, -0.1) is 11.3 Å². The second-order valence-electron chi connectivity index (χ2n) is 9.55. The average molecular weight is 536 g/mol. The van der Waals surface area contributed by atoms with Gasteiger partial charge in [0.25, 0.3) is 5.91 Å². The lowest BCUT2D eigenvalue weighted by atomic mass is 9.98. The molecule has 0 aromatic carbocycles. The molecule has 3 aromatic rings. The first-order valence-corrected chi connectivity index (χ1v) is 13.9. The highest BCUT2D eigenvalue weighted by molar-refractivity contribution is 7.13. The van der Waals surface area contributed by atoms with Crippen molar-refractivity contribution < 1.29 is 14.7 Å². The third-order valence-electron chi connectivity index (χ3n) is 7.33. The minimum absolute atomic E-state index is 0.191. The Bertz CT molecular complexity index is 1380. The molecule has 3 N–H and O–H groups in total. The zero-order chi connectivity index (χ0) is 26.8. The van der Waals surface area contributed by atoms with E-state index in [1.54, 1.807) is 28.1 Å². The van der Waals surface area contributed by atoms with Gasteiger partial charge in [-0.05, 0) is 56.1 Å². The van der Waals surface area contributed by atoms with Gasteiger partial charge in [-0.3, -0.25) is 19.4 Å². The molecule has 1 unspecified atom stereocenters. The Morgan fingerprint density at radius 1 is 1.32 bits per heavy atom. The van der Waals surface area contributed by atoms with Crippen molar-refractivity contribution in [3.05, 3.63) is 59.3 Å². The zero-order valence-electron chi connectivity index (χ0n) is 21.8. The largest absolute Gasteiger partial charge is 0.480 e. The number of fused-ring (bicyclic) bond motifs is 1. The summed E-state index contributed by atoms with van der Waals surface area (Å²) >= 11 is 1.61. The summed E-state index contributed by atoms with van der Waals surface area (Å²) in [5, 5.41) is 22.7. The summed E-state index contributed by atoms with van der Waals surface area (Å²) in [4.78, 5) is 35.2. The van der Waals surface area contributed by atoms with Gasteiger partial charge in [0.15, 0.2) is 5.65 Å². The van der Waals surface area contributed by atoms with E-state index < -0.39 is 18.2 Å². The Hall–Kier alpha value is -3.54. The summed E-state index contributed by atoms with van der Waals surface area (Å²) in [5.74, 6) is -1.05. The molecule has 1 fully saturated rings. The van der Waals surface area contributed by atoms with Crippen LogP contribution in [0.25, 0.3) is 21.9 Å². The number of likely N-dealkylation sites (tertiary alicyclic amines) is 1. The Labute approximate surface area is 225 Å². The van der Waals surface area contributed by atoms with Crippen LogP contribution in [0.4, 0.5) is 0 Å². The summed E-state index contributed by atoms with van der Waals surface area (Å²) in [6, 6.07) is 5.54. The fourth-order valence-corrected chi connectivity index (χ4v) is 5.73. The number of amides is 1. The summed E-state index contributed by atoms with van der Waals surface area (Å²) < 4.78 is 1.71. The Kier molecular flexibility index (Phi) is 7.59. The van der Waals surface area contributed by atoms with Crippen LogP contribution in [0.5, 0.6) is 0 Å². The molecule has 0 bridgehead atoms. The van der Waals surface area contributed by atoms with Crippen LogP contribution < -0.4 is 10.6 Å². The van der Waals surface area contributed by atoms with E-state index in [1.165, 1.54) is 0 Å². The molecule has 1 saturated heterocycles.